The Hall–Kier alpha value is -2.93. The third-order valence-electron chi connectivity index (χ3n) is 3.81. The monoisotopic (exact) mass is 430 g/mol. The summed E-state index contributed by atoms with van der Waals surface area (Å²) in [4.78, 5) is 24.1. The molecule has 0 aliphatic carbocycles. The van der Waals surface area contributed by atoms with Gasteiger partial charge in [0.2, 0.25) is 5.91 Å². The van der Waals surface area contributed by atoms with E-state index in [0.29, 0.717) is 17.0 Å². The maximum absolute atomic E-state index is 13.0. The third-order valence-corrected chi connectivity index (χ3v) is 4.70. The number of aryl methyl sites for hydroxylation is 1. The zero-order valence-electron chi connectivity index (χ0n) is 14.4. The summed E-state index contributed by atoms with van der Waals surface area (Å²) in [5, 5.41) is 5.22. The Balaban J connectivity index is 1.56. The summed E-state index contributed by atoms with van der Waals surface area (Å²) < 4.78 is 19.4. The Kier molecular flexibility index (Phi) is 5.71. The molecule has 27 heavy (non-hydrogen) atoms. The highest BCUT2D eigenvalue weighted by Crippen LogP contribution is 2.22. The van der Waals surface area contributed by atoms with Gasteiger partial charge >= 0.3 is 0 Å². The van der Waals surface area contributed by atoms with Crippen LogP contribution in [0.25, 0.3) is 11.3 Å². The lowest BCUT2D eigenvalue weighted by atomic mass is 10.2. The van der Waals surface area contributed by atoms with Crippen molar-refractivity contribution in [2.45, 2.75) is 6.92 Å². The van der Waals surface area contributed by atoms with Crippen LogP contribution in [0.1, 0.15) is 16.1 Å². The molecule has 5 nitrogen and oxygen atoms in total. The number of carbonyl (C=O) groups is 2. The summed E-state index contributed by atoms with van der Waals surface area (Å²) in [5.74, 6) is -0.701. The van der Waals surface area contributed by atoms with Crippen LogP contribution >= 0.6 is 15.9 Å². The molecule has 2 aromatic carbocycles. The van der Waals surface area contributed by atoms with E-state index in [0.717, 1.165) is 10.0 Å². The molecular formula is C20H16BrFN2O3. The molecule has 0 unspecified atom stereocenters. The molecule has 0 saturated heterocycles. The highest BCUT2D eigenvalue weighted by molar-refractivity contribution is 9.10. The van der Waals surface area contributed by atoms with Crippen LogP contribution in [0, 0.1) is 12.7 Å². The molecule has 0 spiro atoms. The lowest BCUT2D eigenvalue weighted by Crippen LogP contribution is -2.32. The van der Waals surface area contributed by atoms with Crippen molar-refractivity contribution in [2.24, 2.45) is 0 Å². The van der Waals surface area contributed by atoms with Gasteiger partial charge in [-0.15, -0.1) is 0 Å². The van der Waals surface area contributed by atoms with Crippen molar-refractivity contribution in [2.75, 3.05) is 11.9 Å². The minimum Gasteiger partial charge on any atom is -0.451 e. The van der Waals surface area contributed by atoms with E-state index < -0.39 is 5.91 Å². The Morgan fingerprint density at radius 1 is 1.07 bits per heavy atom. The van der Waals surface area contributed by atoms with Gasteiger partial charge in [0.25, 0.3) is 5.91 Å². The Morgan fingerprint density at radius 2 is 1.81 bits per heavy atom. The molecule has 0 atom stereocenters. The smallest absolute Gasteiger partial charge is 0.287 e. The van der Waals surface area contributed by atoms with Gasteiger partial charge in [0, 0.05) is 15.7 Å². The van der Waals surface area contributed by atoms with Crippen LogP contribution in [0.5, 0.6) is 0 Å². The van der Waals surface area contributed by atoms with Gasteiger partial charge in [0.15, 0.2) is 5.76 Å². The van der Waals surface area contributed by atoms with Crippen LogP contribution in [0.2, 0.25) is 0 Å². The molecule has 138 valence electrons. The molecule has 0 saturated carbocycles. The van der Waals surface area contributed by atoms with Crippen molar-refractivity contribution in [3.8, 4) is 11.3 Å². The van der Waals surface area contributed by atoms with Gasteiger partial charge in [-0.1, -0.05) is 15.9 Å². The van der Waals surface area contributed by atoms with Gasteiger partial charge in [-0.3, -0.25) is 9.59 Å². The molecule has 3 aromatic rings. The fourth-order valence-electron chi connectivity index (χ4n) is 2.40. The second kappa shape index (κ2) is 8.18. The second-order valence-corrected chi connectivity index (χ2v) is 6.72. The number of amides is 2. The first-order chi connectivity index (χ1) is 12.9. The van der Waals surface area contributed by atoms with E-state index >= 15 is 0 Å². The molecule has 1 aromatic heterocycles. The van der Waals surface area contributed by atoms with Crippen LogP contribution in [-0.4, -0.2) is 18.4 Å². The van der Waals surface area contributed by atoms with Crippen molar-refractivity contribution in [1.29, 1.82) is 0 Å². The number of benzene rings is 2. The Labute approximate surface area is 163 Å². The van der Waals surface area contributed by atoms with Gasteiger partial charge < -0.3 is 15.1 Å². The predicted molar refractivity (Wildman–Crippen MR) is 104 cm³/mol. The highest BCUT2D eigenvalue weighted by Gasteiger charge is 2.13. The summed E-state index contributed by atoms with van der Waals surface area (Å²) >= 11 is 3.39. The van der Waals surface area contributed by atoms with E-state index in [9.17, 15) is 14.0 Å². The average molecular weight is 431 g/mol. The molecule has 0 fully saturated rings. The summed E-state index contributed by atoms with van der Waals surface area (Å²) in [6, 6.07) is 14.3. The first-order valence-electron chi connectivity index (χ1n) is 8.12. The van der Waals surface area contributed by atoms with E-state index in [-0.39, 0.29) is 24.0 Å². The van der Waals surface area contributed by atoms with Gasteiger partial charge in [-0.25, -0.2) is 4.39 Å². The van der Waals surface area contributed by atoms with E-state index in [2.05, 4.69) is 26.6 Å². The minimum atomic E-state index is -0.509. The summed E-state index contributed by atoms with van der Waals surface area (Å²) in [5.41, 5.74) is 2.28. The van der Waals surface area contributed by atoms with Crippen LogP contribution in [0.4, 0.5) is 10.1 Å². The average Bonchev–Trinajstić information content (AvgIpc) is 3.13. The summed E-state index contributed by atoms with van der Waals surface area (Å²) in [7, 11) is 0. The van der Waals surface area contributed by atoms with E-state index in [1.54, 1.807) is 24.3 Å². The second-order valence-electron chi connectivity index (χ2n) is 5.87. The third kappa shape index (κ3) is 4.83. The number of carbonyl (C=O) groups excluding carboxylic acids is 2. The lowest BCUT2D eigenvalue weighted by molar-refractivity contribution is -0.115. The molecule has 1 heterocycles. The van der Waals surface area contributed by atoms with Crippen molar-refractivity contribution in [1.82, 2.24) is 5.32 Å². The standard InChI is InChI=1S/C20H16BrFN2O3/c1-12-10-15(6-7-16(12)21)24-19(25)11-23-20(26)18-9-8-17(27-18)13-2-4-14(22)5-3-13/h2-10H,11H2,1H3,(H,23,26)(H,24,25). The van der Waals surface area contributed by atoms with Crippen LogP contribution in [0.3, 0.4) is 0 Å². The summed E-state index contributed by atoms with van der Waals surface area (Å²) in [6.45, 7) is 1.72. The SMILES string of the molecule is Cc1cc(NC(=O)CNC(=O)c2ccc(-c3ccc(F)cc3)o2)ccc1Br. The number of halogens is 2. The van der Waals surface area contributed by atoms with Crippen LogP contribution in [-0.2, 0) is 4.79 Å². The predicted octanol–water partition coefficient (Wildman–Crippen LogP) is 4.53. The zero-order chi connectivity index (χ0) is 19.4. The van der Waals surface area contributed by atoms with E-state index in [1.807, 2.05) is 19.1 Å². The molecular weight excluding hydrogens is 415 g/mol. The first kappa shape index (κ1) is 18.8. The normalized spacial score (nSPS) is 10.5. The van der Waals surface area contributed by atoms with Gasteiger partial charge in [0.1, 0.15) is 11.6 Å². The zero-order valence-corrected chi connectivity index (χ0v) is 16.0. The highest BCUT2D eigenvalue weighted by atomic mass is 79.9. The Morgan fingerprint density at radius 3 is 2.52 bits per heavy atom. The van der Waals surface area contributed by atoms with Crippen LogP contribution in [0.15, 0.2) is 63.5 Å². The fourth-order valence-corrected chi connectivity index (χ4v) is 2.65. The largest absolute Gasteiger partial charge is 0.451 e. The van der Waals surface area contributed by atoms with Crippen molar-refractivity contribution in [3.63, 3.8) is 0 Å². The number of nitrogens with one attached hydrogen (secondary N) is 2. The number of hydrogen-bond donors (Lipinski definition) is 2. The molecule has 0 bridgehead atoms. The molecule has 7 heteroatoms. The fraction of sp³-hybridized carbons (Fsp3) is 0.100. The molecule has 2 N–H and O–H groups in total. The van der Waals surface area contributed by atoms with Crippen molar-refractivity contribution < 1.29 is 18.4 Å². The van der Waals surface area contributed by atoms with Crippen molar-refractivity contribution >= 4 is 33.4 Å². The molecule has 3 rings (SSSR count). The summed E-state index contributed by atoms with van der Waals surface area (Å²) in [6.07, 6.45) is 0. The minimum absolute atomic E-state index is 0.0709. The number of hydrogen-bond acceptors (Lipinski definition) is 3. The number of rotatable bonds is 5. The van der Waals surface area contributed by atoms with Gasteiger partial charge in [-0.05, 0) is 67.1 Å². The van der Waals surface area contributed by atoms with Gasteiger partial charge in [-0.2, -0.15) is 0 Å². The first-order valence-corrected chi connectivity index (χ1v) is 8.91. The van der Waals surface area contributed by atoms with E-state index in [4.69, 9.17) is 4.42 Å². The number of anilines is 1. The molecule has 2 amide bonds. The topological polar surface area (TPSA) is 71.3 Å². The maximum atomic E-state index is 13.0. The van der Waals surface area contributed by atoms with E-state index in [1.165, 1.54) is 18.2 Å². The van der Waals surface area contributed by atoms with Gasteiger partial charge in [0.05, 0.1) is 6.54 Å². The molecule has 0 radical (unpaired) electrons. The van der Waals surface area contributed by atoms with Crippen LogP contribution < -0.4 is 10.6 Å². The maximum Gasteiger partial charge on any atom is 0.287 e. The lowest BCUT2D eigenvalue weighted by Gasteiger charge is -2.07. The molecule has 0 aliphatic heterocycles. The molecule has 0 aliphatic rings. The van der Waals surface area contributed by atoms with Crippen molar-refractivity contribution in [3.05, 3.63) is 76.2 Å². The quantitative estimate of drug-likeness (QED) is 0.624. The Bertz CT molecular complexity index is 983. The number of furan rings is 1.